The van der Waals surface area contributed by atoms with Crippen molar-refractivity contribution in [2.75, 3.05) is 0 Å². The van der Waals surface area contributed by atoms with E-state index >= 15 is 0 Å². The molecule has 1 N–H and O–H groups in total. The number of fused-ring (bicyclic) bond motifs is 1. The van der Waals surface area contributed by atoms with Gasteiger partial charge in [-0.2, -0.15) is 0 Å². The highest BCUT2D eigenvalue weighted by atomic mass is 16.3. The molecule has 1 heterocycles. The summed E-state index contributed by atoms with van der Waals surface area (Å²) >= 11 is 0. The summed E-state index contributed by atoms with van der Waals surface area (Å²) in [5.41, 5.74) is 1.45. The van der Waals surface area contributed by atoms with Crippen LogP contribution in [-0.2, 0) is 0 Å². The smallest absolute Gasteiger partial charge is 0.257 e. The SMILES string of the molecule is O=C1c2ccccc2C(O)N1C12CC3CC(CC(C3)C1)C2. The first-order valence-electron chi connectivity index (χ1n) is 8.27. The molecular weight excluding hydrogens is 262 g/mol. The number of aliphatic hydroxyl groups is 1. The minimum atomic E-state index is -0.732. The van der Waals surface area contributed by atoms with Gasteiger partial charge in [0.15, 0.2) is 6.23 Å². The average molecular weight is 283 g/mol. The van der Waals surface area contributed by atoms with Gasteiger partial charge in [0.05, 0.1) is 0 Å². The van der Waals surface area contributed by atoms with Crippen molar-refractivity contribution in [3.05, 3.63) is 35.4 Å². The van der Waals surface area contributed by atoms with Gasteiger partial charge in [0.2, 0.25) is 0 Å². The zero-order valence-electron chi connectivity index (χ0n) is 12.2. The molecule has 6 rings (SSSR count). The van der Waals surface area contributed by atoms with Crippen LogP contribution in [0.25, 0.3) is 0 Å². The van der Waals surface area contributed by atoms with Crippen LogP contribution in [0.2, 0.25) is 0 Å². The van der Waals surface area contributed by atoms with Gasteiger partial charge in [-0.25, -0.2) is 0 Å². The first kappa shape index (κ1) is 12.2. The monoisotopic (exact) mass is 283 g/mol. The van der Waals surface area contributed by atoms with Crippen molar-refractivity contribution in [2.24, 2.45) is 17.8 Å². The molecule has 0 spiro atoms. The Morgan fingerprint density at radius 2 is 1.57 bits per heavy atom. The minimum absolute atomic E-state index is 0.0556. The Bertz CT molecular complexity index is 588. The molecule has 1 amide bonds. The zero-order chi connectivity index (χ0) is 14.2. The van der Waals surface area contributed by atoms with Crippen LogP contribution in [0.3, 0.4) is 0 Å². The van der Waals surface area contributed by atoms with Crippen LogP contribution in [0.1, 0.15) is 60.7 Å². The highest BCUT2D eigenvalue weighted by Gasteiger charge is 2.57. The number of nitrogens with zero attached hydrogens (tertiary/aromatic N) is 1. The Morgan fingerprint density at radius 1 is 1.00 bits per heavy atom. The molecule has 21 heavy (non-hydrogen) atoms. The molecule has 1 aromatic rings. The fourth-order valence-corrected chi connectivity index (χ4v) is 6.13. The van der Waals surface area contributed by atoms with E-state index in [1.54, 1.807) is 0 Å². The van der Waals surface area contributed by atoms with E-state index in [1.807, 2.05) is 29.2 Å². The Balaban J connectivity index is 1.58. The van der Waals surface area contributed by atoms with Crippen LogP contribution < -0.4 is 0 Å². The molecule has 4 bridgehead atoms. The van der Waals surface area contributed by atoms with Gasteiger partial charge in [0.1, 0.15) is 0 Å². The Hall–Kier alpha value is -1.35. The molecule has 0 saturated heterocycles. The van der Waals surface area contributed by atoms with E-state index in [0.717, 1.165) is 42.6 Å². The third kappa shape index (κ3) is 1.50. The predicted molar refractivity (Wildman–Crippen MR) is 78.5 cm³/mol. The maximum atomic E-state index is 12.9. The van der Waals surface area contributed by atoms with Gasteiger partial charge in [-0.1, -0.05) is 18.2 Å². The summed E-state index contributed by atoms with van der Waals surface area (Å²) in [6, 6.07) is 7.57. The topological polar surface area (TPSA) is 40.5 Å². The fraction of sp³-hybridized carbons (Fsp3) is 0.611. The van der Waals surface area contributed by atoms with Gasteiger partial charge >= 0.3 is 0 Å². The molecule has 1 unspecified atom stereocenters. The fourth-order valence-electron chi connectivity index (χ4n) is 6.13. The highest BCUT2D eigenvalue weighted by Crippen LogP contribution is 2.59. The van der Waals surface area contributed by atoms with Crippen LogP contribution >= 0.6 is 0 Å². The van der Waals surface area contributed by atoms with Gasteiger partial charge in [0, 0.05) is 16.7 Å². The summed E-state index contributed by atoms with van der Waals surface area (Å²) in [4.78, 5) is 14.8. The molecular formula is C18H21NO2. The molecule has 4 fully saturated rings. The number of benzene rings is 1. The normalized spacial score (nSPS) is 43.5. The Kier molecular flexibility index (Phi) is 2.26. The third-order valence-electron chi connectivity index (χ3n) is 6.45. The quantitative estimate of drug-likeness (QED) is 0.860. The summed E-state index contributed by atoms with van der Waals surface area (Å²) < 4.78 is 0. The van der Waals surface area contributed by atoms with E-state index in [1.165, 1.54) is 19.3 Å². The third-order valence-corrected chi connectivity index (χ3v) is 6.45. The van der Waals surface area contributed by atoms with Crippen molar-refractivity contribution in [1.29, 1.82) is 0 Å². The standard InChI is InChI=1S/C18H21NO2/c20-16-14-3-1-2-4-15(14)17(21)19(16)18-8-11-5-12(9-18)7-13(6-11)10-18/h1-4,11-13,16,20H,5-10H2. The van der Waals surface area contributed by atoms with E-state index in [4.69, 9.17) is 0 Å². The van der Waals surface area contributed by atoms with E-state index in [2.05, 4.69) is 0 Å². The van der Waals surface area contributed by atoms with Crippen molar-refractivity contribution in [1.82, 2.24) is 4.90 Å². The maximum absolute atomic E-state index is 12.9. The molecule has 4 saturated carbocycles. The number of amides is 1. The van der Waals surface area contributed by atoms with Crippen LogP contribution in [0.15, 0.2) is 24.3 Å². The van der Waals surface area contributed by atoms with Gasteiger partial charge < -0.3 is 10.0 Å². The second-order valence-electron chi connectivity index (χ2n) is 7.78. The summed E-state index contributed by atoms with van der Waals surface area (Å²) in [5.74, 6) is 2.39. The first-order valence-corrected chi connectivity index (χ1v) is 8.27. The van der Waals surface area contributed by atoms with E-state index in [-0.39, 0.29) is 11.4 Å². The Labute approximate surface area is 125 Å². The minimum Gasteiger partial charge on any atom is -0.369 e. The summed E-state index contributed by atoms with van der Waals surface area (Å²) in [7, 11) is 0. The molecule has 5 aliphatic rings. The molecule has 1 aliphatic heterocycles. The lowest BCUT2D eigenvalue weighted by Crippen LogP contribution is -2.60. The number of aliphatic hydroxyl groups excluding tert-OH is 1. The largest absolute Gasteiger partial charge is 0.369 e. The van der Waals surface area contributed by atoms with Crippen molar-refractivity contribution in [3.8, 4) is 0 Å². The van der Waals surface area contributed by atoms with Crippen molar-refractivity contribution >= 4 is 5.91 Å². The second kappa shape index (κ2) is 3.89. The molecule has 4 aliphatic carbocycles. The predicted octanol–water partition coefficient (Wildman–Crippen LogP) is 3.10. The van der Waals surface area contributed by atoms with Crippen LogP contribution in [0.5, 0.6) is 0 Å². The lowest BCUT2D eigenvalue weighted by molar-refractivity contribution is -0.122. The number of hydrogen-bond donors (Lipinski definition) is 1. The molecule has 3 heteroatoms. The van der Waals surface area contributed by atoms with Crippen molar-refractivity contribution in [3.63, 3.8) is 0 Å². The number of carbonyl (C=O) groups excluding carboxylic acids is 1. The molecule has 1 aromatic carbocycles. The Morgan fingerprint density at radius 3 is 2.14 bits per heavy atom. The number of rotatable bonds is 1. The molecule has 3 nitrogen and oxygen atoms in total. The molecule has 0 radical (unpaired) electrons. The van der Waals surface area contributed by atoms with E-state index < -0.39 is 6.23 Å². The van der Waals surface area contributed by atoms with Crippen LogP contribution in [0.4, 0.5) is 0 Å². The zero-order valence-corrected chi connectivity index (χ0v) is 12.2. The number of hydrogen-bond acceptors (Lipinski definition) is 2. The van der Waals surface area contributed by atoms with Crippen molar-refractivity contribution in [2.45, 2.75) is 50.3 Å². The van der Waals surface area contributed by atoms with Gasteiger partial charge in [0.25, 0.3) is 5.91 Å². The maximum Gasteiger partial charge on any atom is 0.257 e. The summed E-state index contributed by atoms with van der Waals surface area (Å²) in [5, 5.41) is 10.8. The van der Waals surface area contributed by atoms with E-state index in [0.29, 0.717) is 5.56 Å². The van der Waals surface area contributed by atoms with Gasteiger partial charge in [-0.3, -0.25) is 4.79 Å². The average Bonchev–Trinajstić information content (AvgIpc) is 2.70. The lowest BCUT2D eigenvalue weighted by Gasteiger charge is -2.60. The van der Waals surface area contributed by atoms with Gasteiger partial charge in [-0.05, 0) is 62.3 Å². The first-order chi connectivity index (χ1) is 10.2. The molecule has 110 valence electrons. The number of carbonyl (C=O) groups is 1. The molecule has 0 aromatic heterocycles. The van der Waals surface area contributed by atoms with Gasteiger partial charge in [-0.15, -0.1) is 0 Å². The molecule has 1 atom stereocenters. The summed E-state index contributed by atoms with van der Waals surface area (Å²) in [6.45, 7) is 0. The highest BCUT2D eigenvalue weighted by molar-refractivity contribution is 5.99. The second-order valence-corrected chi connectivity index (χ2v) is 7.78. The van der Waals surface area contributed by atoms with Crippen molar-refractivity contribution < 1.29 is 9.90 Å². The summed E-state index contributed by atoms with van der Waals surface area (Å²) in [6.07, 6.45) is 6.64. The van der Waals surface area contributed by atoms with E-state index in [9.17, 15) is 9.90 Å². The van der Waals surface area contributed by atoms with Crippen LogP contribution in [-0.4, -0.2) is 21.5 Å². The lowest BCUT2D eigenvalue weighted by atomic mass is 9.52. The van der Waals surface area contributed by atoms with Crippen LogP contribution in [0, 0.1) is 17.8 Å².